The topological polar surface area (TPSA) is 24.4 Å². The van der Waals surface area contributed by atoms with Crippen LogP contribution in [0.1, 0.15) is 20.3 Å². The lowest BCUT2D eigenvalue weighted by Gasteiger charge is -2.23. The summed E-state index contributed by atoms with van der Waals surface area (Å²) in [4.78, 5) is 4.64. The lowest BCUT2D eigenvalue weighted by molar-refractivity contribution is 0.485. The quantitative estimate of drug-likeness (QED) is 0.871. The fourth-order valence-electron chi connectivity index (χ4n) is 1.83. The first-order valence-electron chi connectivity index (χ1n) is 5.98. The van der Waals surface area contributed by atoms with Gasteiger partial charge in [0.15, 0.2) is 5.17 Å². The molecule has 1 atom stereocenters. The Bertz CT molecular complexity index is 442. The highest BCUT2D eigenvalue weighted by Gasteiger charge is 2.18. The Labute approximate surface area is 116 Å². The van der Waals surface area contributed by atoms with E-state index in [1.165, 1.54) is 12.1 Å². The molecule has 1 heterocycles. The summed E-state index contributed by atoms with van der Waals surface area (Å²) in [5, 5.41) is 4.37. The molecule has 0 aliphatic carbocycles. The van der Waals surface area contributed by atoms with Crippen molar-refractivity contribution in [3.05, 3.63) is 29.0 Å². The molecule has 0 saturated carbocycles. The van der Waals surface area contributed by atoms with Crippen molar-refractivity contribution in [1.29, 1.82) is 0 Å². The Kier molecular flexibility index (Phi) is 4.51. The second-order valence-electron chi connectivity index (χ2n) is 4.67. The zero-order valence-corrected chi connectivity index (χ0v) is 12.0. The number of halogens is 2. The van der Waals surface area contributed by atoms with E-state index in [0.29, 0.717) is 22.7 Å². The maximum Gasteiger partial charge on any atom is 0.161 e. The van der Waals surface area contributed by atoms with Gasteiger partial charge in [0.1, 0.15) is 5.82 Å². The van der Waals surface area contributed by atoms with Crippen LogP contribution >= 0.6 is 23.4 Å². The van der Waals surface area contributed by atoms with Crippen molar-refractivity contribution in [3.63, 3.8) is 0 Å². The first kappa shape index (κ1) is 13.7. The fraction of sp³-hybridized carbons (Fsp3) is 0.462. The number of anilines is 1. The molecule has 1 N–H and O–H groups in total. The summed E-state index contributed by atoms with van der Waals surface area (Å²) in [6, 6.07) is 4.76. The van der Waals surface area contributed by atoms with Crippen LogP contribution in [0.2, 0.25) is 5.02 Å². The molecule has 98 valence electrons. The molecule has 1 aromatic rings. The third kappa shape index (κ3) is 3.62. The Morgan fingerprint density at radius 1 is 1.44 bits per heavy atom. The number of rotatable bonds is 2. The standard InChI is InChI=1S/C13H16ClFN2S/c1-8(2)12-3-4-18-13(17-12)16-11-6-9(14)5-10(15)7-11/h5-8,12H,3-4H2,1-2H3,(H,16,17). The van der Waals surface area contributed by atoms with Crippen molar-refractivity contribution >= 4 is 34.2 Å². The van der Waals surface area contributed by atoms with Crippen LogP contribution < -0.4 is 5.32 Å². The van der Waals surface area contributed by atoms with E-state index in [-0.39, 0.29) is 5.82 Å². The highest BCUT2D eigenvalue weighted by atomic mass is 35.5. The van der Waals surface area contributed by atoms with E-state index in [1.54, 1.807) is 17.8 Å². The molecular formula is C13H16ClFN2S. The van der Waals surface area contributed by atoms with Gasteiger partial charge >= 0.3 is 0 Å². The second-order valence-corrected chi connectivity index (χ2v) is 6.19. The fourth-order valence-corrected chi connectivity index (χ4v) is 3.00. The van der Waals surface area contributed by atoms with E-state index < -0.39 is 0 Å². The molecular weight excluding hydrogens is 271 g/mol. The van der Waals surface area contributed by atoms with Crippen LogP contribution in [-0.2, 0) is 0 Å². The summed E-state index contributed by atoms with van der Waals surface area (Å²) in [7, 11) is 0. The Hall–Kier alpha value is -0.740. The molecule has 1 aliphatic rings. The number of hydrogen-bond donors (Lipinski definition) is 1. The van der Waals surface area contributed by atoms with Crippen molar-refractivity contribution in [2.24, 2.45) is 10.9 Å². The van der Waals surface area contributed by atoms with E-state index in [4.69, 9.17) is 11.6 Å². The number of nitrogens with one attached hydrogen (secondary N) is 1. The number of aliphatic imine (C=N–C) groups is 1. The number of amidine groups is 1. The second kappa shape index (κ2) is 5.93. The molecule has 0 bridgehead atoms. The van der Waals surface area contributed by atoms with Crippen molar-refractivity contribution < 1.29 is 4.39 Å². The molecule has 0 saturated heterocycles. The van der Waals surface area contributed by atoms with Gasteiger partial charge in [-0.05, 0) is 30.5 Å². The first-order chi connectivity index (χ1) is 8.54. The molecule has 0 radical (unpaired) electrons. The highest BCUT2D eigenvalue weighted by molar-refractivity contribution is 8.14. The number of thioether (sulfide) groups is 1. The third-order valence-electron chi connectivity index (χ3n) is 2.82. The van der Waals surface area contributed by atoms with E-state index in [1.807, 2.05) is 0 Å². The molecule has 0 fully saturated rings. The Balaban J connectivity index is 2.13. The van der Waals surface area contributed by atoms with E-state index >= 15 is 0 Å². The number of benzene rings is 1. The van der Waals surface area contributed by atoms with Crippen LogP contribution in [0.3, 0.4) is 0 Å². The first-order valence-corrected chi connectivity index (χ1v) is 7.34. The molecule has 2 rings (SSSR count). The minimum absolute atomic E-state index is 0.341. The average molecular weight is 287 g/mol. The molecule has 0 spiro atoms. The predicted octanol–water partition coefficient (Wildman–Crippen LogP) is 4.41. The van der Waals surface area contributed by atoms with Gasteiger partial charge in [-0.3, -0.25) is 4.99 Å². The average Bonchev–Trinajstić information content (AvgIpc) is 2.27. The minimum Gasteiger partial charge on any atom is -0.335 e. The zero-order valence-electron chi connectivity index (χ0n) is 10.4. The summed E-state index contributed by atoms with van der Waals surface area (Å²) in [5.74, 6) is 1.23. The summed E-state index contributed by atoms with van der Waals surface area (Å²) in [5.41, 5.74) is 0.649. The van der Waals surface area contributed by atoms with Crippen molar-refractivity contribution in [2.75, 3.05) is 11.1 Å². The minimum atomic E-state index is -0.341. The lowest BCUT2D eigenvalue weighted by atomic mass is 10.0. The Morgan fingerprint density at radius 2 is 2.22 bits per heavy atom. The van der Waals surface area contributed by atoms with Crippen molar-refractivity contribution in [2.45, 2.75) is 26.3 Å². The highest BCUT2D eigenvalue weighted by Crippen LogP contribution is 2.25. The molecule has 1 aliphatic heterocycles. The van der Waals surface area contributed by atoms with Gasteiger partial charge in [-0.1, -0.05) is 37.2 Å². The largest absolute Gasteiger partial charge is 0.335 e. The molecule has 0 amide bonds. The summed E-state index contributed by atoms with van der Waals surface area (Å²) >= 11 is 7.48. The van der Waals surface area contributed by atoms with Gasteiger partial charge < -0.3 is 5.32 Å². The van der Waals surface area contributed by atoms with Crippen LogP contribution in [0.4, 0.5) is 10.1 Å². The van der Waals surface area contributed by atoms with Gasteiger partial charge in [0.05, 0.1) is 6.04 Å². The van der Waals surface area contributed by atoms with E-state index in [9.17, 15) is 4.39 Å². The van der Waals surface area contributed by atoms with Gasteiger partial charge in [-0.15, -0.1) is 0 Å². The smallest absolute Gasteiger partial charge is 0.161 e. The van der Waals surface area contributed by atoms with Gasteiger partial charge in [0.25, 0.3) is 0 Å². The van der Waals surface area contributed by atoms with Crippen LogP contribution in [0.5, 0.6) is 0 Å². The van der Waals surface area contributed by atoms with Crippen LogP contribution in [0, 0.1) is 11.7 Å². The molecule has 5 heteroatoms. The number of hydrogen-bond acceptors (Lipinski definition) is 3. The van der Waals surface area contributed by atoms with E-state index in [2.05, 4.69) is 24.2 Å². The Morgan fingerprint density at radius 3 is 2.89 bits per heavy atom. The molecule has 1 unspecified atom stereocenters. The predicted molar refractivity (Wildman–Crippen MR) is 78.2 cm³/mol. The van der Waals surface area contributed by atoms with Crippen LogP contribution in [0.15, 0.2) is 23.2 Å². The van der Waals surface area contributed by atoms with Gasteiger partial charge in [-0.25, -0.2) is 4.39 Å². The maximum absolute atomic E-state index is 13.2. The SMILES string of the molecule is CC(C)C1CCSC(Nc2cc(F)cc(Cl)c2)=N1. The summed E-state index contributed by atoms with van der Waals surface area (Å²) in [6.07, 6.45) is 1.09. The zero-order chi connectivity index (χ0) is 13.1. The summed E-state index contributed by atoms with van der Waals surface area (Å²) < 4.78 is 13.2. The van der Waals surface area contributed by atoms with Gasteiger partial charge in [0, 0.05) is 16.5 Å². The van der Waals surface area contributed by atoms with Crippen LogP contribution in [-0.4, -0.2) is 17.0 Å². The lowest BCUT2D eigenvalue weighted by Crippen LogP contribution is -2.23. The van der Waals surface area contributed by atoms with Gasteiger partial charge in [-0.2, -0.15) is 0 Å². The molecule has 1 aromatic carbocycles. The van der Waals surface area contributed by atoms with E-state index in [0.717, 1.165) is 17.3 Å². The molecule has 18 heavy (non-hydrogen) atoms. The number of nitrogens with zero attached hydrogens (tertiary/aromatic N) is 1. The van der Waals surface area contributed by atoms with Gasteiger partial charge in [0.2, 0.25) is 0 Å². The monoisotopic (exact) mass is 286 g/mol. The maximum atomic E-state index is 13.2. The molecule has 2 nitrogen and oxygen atoms in total. The van der Waals surface area contributed by atoms with Crippen LogP contribution in [0.25, 0.3) is 0 Å². The normalized spacial score (nSPS) is 19.8. The van der Waals surface area contributed by atoms with Crippen molar-refractivity contribution in [3.8, 4) is 0 Å². The summed E-state index contributed by atoms with van der Waals surface area (Å²) in [6.45, 7) is 4.33. The molecule has 0 aromatic heterocycles. The third-order valence-corrected chi connectivity index (χ3v) is 3.96. The van der Waals surface area contributed by atoms with Crippen molar-refractivity contribution in [1.82, 2.24) is 0 Å².